The fraction of sp³-hybridized carbons (Fsp3) is 0.500. The molecule has 28 heavy (non-hydrogen) atoms. The van der Waals surface area contributed by atoms with Gasteiger partial charge >= 0.3 is 6.18 Å². The Balaban J connectivity index is 1.79. The Morgan fingerprint density at radius 1 is 1.46 bits per heavy atom. The van der Waals surface area contributed by atoms with Gasteiger partial charge in [-0.15, -0.1) is 0 Å². The summed E-state index contributed by atoms with van der Waals surface area (Å²) in [5.74, 6) is -1.87. The van der Waals surface area contributed by atoms with Crippen LogP contribution in [0.2, 0.25) is 0 Å². The van der Waals surface area contributed by atoms with Gasteiger partial charge in [0.1, 0.15) is 11.4 Å². The minimum absolute atomic E-state index is 0.00579. The first-order valence-corrected chi connectivity index (χ1v) is 8.82. The van der Waals surface area contributed by atoms with Crippen molar-refractivity contribution in [3.63, 3.8) is 0 Å². The van der Waals surface area contributed by atoms with Gasteiger partial charge in [-0.25, -0.2) is 9.99 Å². The molecule has 1 atom stereocenters. The number of hydrazine groups is 1. The lowest BCUT2D eigenvalue weighted by Gasteiger charge is -2.33. The summed E-state index contributed by atoms with van der Waals surface area (Å²) in [7, 11) is 0. The normalized spacial score (nSPS) is 20.2. The van der Waals surface area contributed by atoms with Crippen molar-refractivity contribution in [2.24, 2.45) is 5.92 Å². The summed E-state index contributed by atoms with van der Waals surface area (Å²) in [6.07, 6.45) is -2.20. The van der Waals surface area contributed by atoms with Gasteiger partial charge < -0.3 is 15.7 Å². The first-order valence-electron chi connectivity index (χ1n) is 10.3. The molecule has 3 heterocycles. The third kappa shape index (κ3) is 4.61. The molecule has 2 aromatic heterocycles. The van der Waals surface area contributed by atoms with Crippen LogP contribution in [0.5, 0.6) is 0 Å². The number of amides is 1. The molecule has 152 valence electrons. The third-order valence-corrected chi connectivity index (χ3v) is 4.75. The molecule has 1 amide bonds. The van der Waals surface area contributed by atoms with Gasteiger partial charge in [0.15, 0.2) is 0 Å². The van der Waals surface area contributed by atoms with Gasteiger partial charge in [-0.05, 0) is 18.9 Å². The van der Waals surface area contributed by atoms with E-state index in [-0.39, 0.29) is 12.1 Å². The minimum atomic E-state index is -4.38. The Labute approximate surface area is 163 Å². The van der Waals surface area contributed by atoms with Crippen LogP contribution in [-0.4, -0.2) is 52.9 Å². The second-order valence-electron chi connectivity index (χ2n) is 6.72. The molecule has 7 nitrogen and oxygen atoms in total. The Morgan fingerprint density at radius 3 is 3.04 bits per heavy atom. The molecule has 3 rings (SSSR count). The molecule has 1 aliphatic rings. The average molecular weight is 400 g/mol. The van der Waals surface area contributed by atoms with Crippen LogP contribution in [0.25, 0.3) is 11.0 Å². The van der Waals surface area contributed by atoms with Gasteiger partial charge in [-0.2, -0.15) is 13.2 Å². The van der Waals surface area contributed by atoms with Crippen LogP contribution < -0.4 is 10.7 Å². The van der Waals surface area contributed by atoms with Crippen molar-refractivity contribution in [1.29, 1.82) is 0 Å². The molecule has 0 spiro atoms. The van der Waals surface area contributed by atoms with E-state index >= 15 is 0 Å². The predicted molar refractivity (Wildman–Crippen MR) is 97.7 cm³/mol. The predicted octanol–water partition coefficient (Wildman–Crippen LogP) is 2.87. The van der Waals surface area contributed by atoms with Crippen LogP contribution in [0.4, 0.5) is 18.9 Å². The van der Waals surface area contributed by atoms with E-state index in [9.17, 15) is 22.8 Å². The molecular weight excluding hydrogens is 375 g/mol. The molecule has 10 heteroatoms. The van der Waals surface area contributed by atoms with Crippen molar-refractivity contribution in [2.45, 2.75) is 31.9 Å². The first-order chi connectivity index (χ1) is 14.4. The molecule has 0 aromatic carbocycles. The summed E-state index contributed by atoms with van der Waals surface area (Å²) < 4.78 is 59.1. The topological polar surface area (TPSA) is 90.1 Å². The summed E-state index contributed by atoms with van der Waals surface area (Å²) in [6, 6.07) is 1.66. The number of hydrogen-bond acceptors (Lipinski definition) is 5. The maximum absolute atomic E-state index is 12.5. The van der Waals surface area contributed by atoms with E-state index in [1.54, 1.807) is 17.3 Å². The standard InChI is InChI=1S/C18H22F3N5O2/c1-22-17(28)13-9-24-16-12(5-7-23-16)15(13)25-26-8-2-3-11(10-26)14(27)4-6-18(19,20)21/h5,7,9,11H,2-4,6,8,10H2,1H3,(H,22,28)(H2,23,24,25)/t11-/m0/s1/i1D3. The van der Waals surface area contributed by atoms with E-state index in [1.807, 2.05) is 5.32 Å². The second-order valence-corrected chi connectivity index (χ2v) is 6.72. The second kappa shape index (κ2) is 8.17. The van der Waals surface area contributed by atoms with Crippen molar-refractivity contribution in [2.75, 3.05) is 25.5 Å². The smallest absolute Gasteiger partial charge is 0.355 e. The lowest BCUT2D eigenvalue weighted by molar-refractivity contribution is -0.145. The van der Waals surface area contributed by atoms with E-state index in [0.29, 0.717) is 36.1 Å². The minimum Gasteiger partial charge on any atom is -0.355 e. The van der Waals surface area contributed by atoms with E-state index in [2.05, 4.69) is 15.4 Å². The number of alkyl halides is 3. The molecular formula is C18H22F3N5O2. The number of rotatable bonds is 6. The number of halogens is 3. The van der Waals surface area contributed by atoms with Crippen LogP contribution in [0.15, 0.2) is 18.5 Å². The number of nitrogens with zero attached hydrogens (tertiary/aromatic N) is 2. The molecule has 1 fully saturated rings. The molecule has 1 aliphatic heterocycles. The van der Waals surface area contributed by atoms with E-state index in [4.69, 9.17) is 4.11 Å². The zero-order chi connectivity index (χ0) is 22.8. The highest BCUT2D eigenvalue weighted by Gasteiger charge is 2.32. The summed E-state index contributed by atoms with van der Waals surface area (Å²) >= 11 is 0. The maximum Gasteiger partial charge on any atom is 0.389 e. The van der Waals surface area contributed by atoms with Gasteiger partial charge in [0.25, 0.3) is 5.91 Å². The largest absolute Gasteiger partial charge is 0.389 e. The summed E-state index contributed by atoms with van der Waals surface area (Å²) in [6.45, 7) is -2.02. The molecule has 0 aliphatic carbocycles. The number of carbonyl (C=O) groups excluding carboxylic acids is 2. The van der Waals surface area contributed by atoms with E-state index < -0.39 is 43.6 Å². The van der Waals surface area contributed by atoms with Crippen LogP contribution in [0.3, 0.4) is 0 Å². The number of hydrogen-bond donors (Lipinski definition) is 3. The van der Waals surface area contributed by atoms with Crippen LogP contribution in [-0.2, 0) is 4.79 Å². The maximum atomic E-state index is 12.5. The first kappa shape index (κ1) is 16.3. The molecule has 0 unspecified atom stereocenters. The molecule has 0 radical (unpaired) electrons. The number of aromatic nitrogens is 2. The Morgan fingerprint density at radius 2 is 2.29 bits per heavy atom. The molecule has 3 N–H and O–H groups in total. The number of fused-ring (bicyclic) bond motifs is 1. The SMILES string of the molecule is [2H]C([2H])([2H])NC(=O)c1cnc2[nH]ccc2c1NN1CCC[C@H](C(=O)CCC(F)(F)F)C1. The lowest BCUT2D eigenvalue weighted by atomic mass is 9.92. The Hall–Kier alpha value is -2.62. The Kier molecular flexibility index (Phi) is 4.77. The zero-order valence-electron chi connectivity index (χ0n) is 17.9. The van der Waals surface area contributed by atoms with Crippen molar-refractivity contribution < 1.29 is 26.9 Å². The van der Waals surface area contributed by atoms with Crippen molar-refractivity contribution >= 4 is 28.4 Å². The van der Waals surface area contributed by atoms with E-state index in [0.717, 1.165) is 0 Å². The highest BCUT2D eigenvalue weighted by atomic mass is 19.4. The number of carbonyl (C=O) groups is 2. The summed E-state index contributed by atoms with van der Waals surface area (Å²) in [4.78, 5) is 31.8. The number of ketones is 1. The fourth-order valence-electron chi connectivity index (χ4n) is 3.34. The molecule has 0 saturated carbocycles. The molecule has 0 bridgehead atoms. The van der Waals surface area contributed by atoms with Crippen LogP contribution >= 0.6 is 0 Å². The van der Waals surface area contributed by atoms with E-state index in [1.165, 1.54) is 6.20 Å². The van der Waals surface area contributed by atoms with Gasteiger partial charge in [0.2, 0.25) is 0 Å². The van der Waals surface area contributed by atoms with Gasteiger partial charge in [-0.1, -0.05) is 0 Å². The number of pyridine rings is 1. The van der Waals surface area contributed by atoms with Crippen molar-refractivity contribution in [1.82, 2.24) is 20.3 Å². The number of nitrogens with one attached hydrogen (secondary N) is 3. The van der Waals surface area contributed by atoms with Crippen molar-refractivity contribution in [3.05, 3.63) is 24.0 Å². The molecule has 1 saturated heterocycles. The summed E-state index contributed by atoms with van der Waals surface area (Å²) in [5.41, 5.74) is 3.81. The quantitative estimate of drug-likeness (QED) is 0.694. The van der Waals surface area contributed by atoms with Gasteiger partial charge in [-0.3, -0.25) is 9.59 Å². The molecule has 2 aromatic rings. The zero-order valence-corrected chi connectivity index (χ0v) is 14.9. The number of anilines is 1. The highest BCUT2D eigenvalue weighted by molar-refractivity contribution is 6.06. The monoisotopic (exact) mass is 400 g/mol. The van der Waals surface area contributed by atoms with Crippen LogP contribution in [0.1, 0.15) is 40.2 Å². The van der Waals surface area contributed by atoms with Gasteiger partial charge in [0.05, 0.1) is 17.7 Å². The lowest BCUT2D eigenvalue weighted by Crippen LogP contribution is -2.42. The Bertz CT molecular complexity index is 961. The van der Waals surface area contributed by atoms with Crippen LogP contribution in [0, 0.1) is 5.92 Å². The number of H-pyrrole nitrogens is 1. The number of piperidine rings is 1. The van der Waals surface area contributed by atoms with Crippen molar-refractivity contribution in [3.8, 4) is 0 Å². The highest BCUT2D eigenvalue weighted by Crippen LogP contribution is 2.29. The summed E-state index contributed by atoms with van der Waals surface area (Å²) in [5, 5.41) is 4.11. The third-order valence-electron chi connectivity index (χ3n) is 4.75. The number of Topliss-reactive ketones (excluding diaryl/α,β-unsaturated/α-hetero) is 1. The fourth-order valence-corrected chi connectivity index (χ4v) is 3.34. The number of aromatic amines is 1. The van der Waals surface area contributed by atoms with Gasteiger partial charge in [0, 0.05) is 54.3 Å². The average Bonchev–Trinajstić information content (AvgIpc) is 3.14.